The van der Waals surface area contributed by atoms with E-state index in [-0.39, 0.29) is 17.4 Å². The summed E-state index contributed by atoms with van der Waals surface area (Å²) in [5.41, 5.74) is 1.91. The maximum Gasteiger partial charge on any atom is 0.338 e. The number of nitrogens with zero attached hydrogens (tertiary/aromatic N) is 2. The van der Waals surface area contributed by atoms with Crippen molar-refractivity contribution in [1.29, 1.82) is 0 Å². The van der Waals surface area contributed by atoms with Crippen LogP contribution in [0, 0.1) is 0 Å². The fourth-order valence-corrected chi connectivity index (χ4v) is 4.43. The molecule has 0 saturated carbocycles. The SMILES string of the molecule is CCOC(=O)c1ccc(N=C2S/C(=C/C(=O)OC)C(=O)N2CCc2ccc(OCC)c(OCC)c2)cc1. The van der Waals surface area contributed by atoms with Crippen LogP contribution in [-0.2, 0) is 25.5 Å². The summed E-state index contributed by atoms with van der Waals surface area (Å²) < 4.78 is 21.0. The Hall–Kier alpha value is -3.79. The number of benzene rings is 2. The first-order valence-electron chi connectivity index (χ1n) is 11.9. The van der Waals surface area contributed by atoms with Crippen LogP contribution in [0.15, 0.2) is 58.4 Å². The lowest BCUT2D eigenvalue weighted by Gasteiger charge is -2.17. The molecule has 37 heavy (non-hydrogen) atoms. The van der Waals surface area contributed by atoms with Gasteiger partial charge in [-0.15, -0.1) is 0 Å². The molecule has 9 nitrogen and oxygen atoms in total. The van der Waals surface area contributed by atoms with Crippen molar-refractivity contribution < 1.29 is 33.3 Å². The van der Waals surface area contributed by atoms with E-state index in [0.29, 0.717) is 54.1 Å². The molecule has 1 amide bonds. The van der Waals surface area contributed by atoms with E-state index < -0.39 is 11.9 Å². The van der Waals surface area contributed by atoms with Crippen molar-refractivity contribution in [2.45, 2.75) is 27.2 Å². The van der Waals surface area contributed by atoms with Gasteiger partial charge in [0, 0.05) is 12.6 Å². The van der Waals surface area contributed by atoms with Crippen molar-refractivity contribution >= 4 is 40.5 Å². The Morgan fingerprint density at radius 1 is 0.973 bits per heavy atom. The molecule has 2 aromatic rings. The number of amidine groups is 1. The van der Waals surface area contributed by atoms with Crippen LogP contribution in [-0.4, -0.2) is 61.4 Å². The second kappa shape index (κ2) is 13.5. The highest BCUT2D eigenvalue weighted by Crippen LogP contribution is 2.34. The molecule has 1 heterocycles. The zero-order valence-corrected chi connectivity index (χ0v) is 22.1. The van der Waals surface area contributed by atoms with Crippen LogP contribution in [0.1, 0.15) is 36.7 Å². The molecule has 0 spiro atoms. The molecule has 10 heteroatoms. The number of amides is 1. The minimum Gasteiger partial charge on any atom is -0.490 e. The lowest BCUT2D eigenvalue weighted by Crippen LogP contribution is -2.31. The maximum atomic E-state index is 13.1. The van der Waals surface area contributed by atoms with Crippen molar-refractivity contribution in [3.05, 3.63) is 64.6 Å². The van der Waals surface area contributed by atoms with E-state index in [1.807, 2.05) is 32.0 Å². The molecule has 1 aliphatic heterocycles. The van der Waals surface area contributed by atoms with E-state index in [4.69, 9.17) is 18.9 Å². The molecule has 1 aliphatic rings. The molecule has 0 unspecified atom stereocenters. The fraction of sp³-hybridized carbons (Fsp3) is 0.333. The number of ether oxygens (including phenoxy) is 4. The van der Waals surface area contributed by atoms with Crippen LogP contribution in [0.4, 0.5) is 5.69 Å². The van der Waals surface area contributed by atoms with Gasteiger partial charge in [-0.2, -0.15) is 0 Å². The molecule has 0 bridgehead atoms. The smallest absolute Gasteiger partial charge is 0.338 e. The third-order valence-electron chi connectivity index (χ3n) is 5.17. The van der Waals surface area contributed by atoms with Gasteiger partial charge in [-0.3, -0.25) is 9.69 Å². The molecule has 1 saturated heterocycles. The number of methoxy groups -OCH3 is 1. The number of esters is 2. The van der Waals surface area contributed by atoms with Gasteiger partial charge < -0.3 is 18.9 Å². The predicted molar refractivity (Wildman–Crippen MR) is 141 cm³/mol. The van der Waals surface area contributed by atoms with Crippen LogP contribution >= 0.6 is 11.8 Å². The first-order valence-corrected chi connectivity index (χ1v) is 12.8. The van der Waals surface area contributed by atoms with E-state index in [2.05, 4.69) is 4.99 Å². The summed E-state index contributed by atoms with van der Waals surface area (Å²) in [7, 11) is 1.25. The summed E-state index contributed by atoms with van der Waals surface area (Å²) in [6.07, 6.45) is 1.68. The van der Waals surface area contributed by atoms with Crippen molar-refractivity contribution in [2.75, 3.05) is 33.5 Å². The Labute approximate surface area is 220 Å². The quantitative estimate of drug-likeness (QED) is 0.311. The van der Waals surface area contributed by atoms with Crippen LogP contribution in [0.5, 0.6) is 11.5 Å². The van der Waals surface area contributed by atoms with Gasteiger partial charge in [0.05, 0.1) is 43.1 Å². The molecule has 0 aliphatic carbocycles. The lowest BCUT2D eigenvalue weighted by atomic mass is 10.1. The summed E-state index contributed by atoms with van der Waals surface area (Å²) in [6, 6.07) is 12.3. The van der Waals surface area contributed by atoms with E-state index in [9.17, 15) is 14.4 Å². The molecule has 2 aromatic carbocycles. The van der Waals surface area contributed by atoms with E-state index in [0.717, 1.165) is 23.4 Å². The average molecular weight is 527 g/mol. The van der Waals surface area contributed by atoms with Gasteiger partial charge in [0.1, 0.15) is 0 Å². The second-order valence-corrected chi connectivity index (χ2v) is 8.66. The van der Waals surface area contributed by atoms with Crippen molar-refractivity contribution in [3.8, 4) is 11.5 Å². The largest absolute Gasteiger partial charge is 0.490 e. The highest BCUT2D eigenvalue weighted by molar-refractivity contribution is 8.18. The van der Waals surface area contributed by atoms with Crippen LogP contribution in [0.2, 0.25) is 0 Å². The fourth-order valence-electron chi connectivity index (χ4n) is 3.44. The Morgan fingerprint density at radius 3 is 2.32 bits per heavy atom. The Bertz CT molecular complexity index is 1190. The Morgan fingerprint density at radius 2 is 1.68 bits per heavy atom. The number of thioether (sulfide) groups is 1. The molecule has 196 valence electrons. The number of hydrogen-bond donors (Lipinski definition) is 0. The van der Waals surface area contributed by atoms with Crippen LogP contribution in [0.25, 0.3) is 0 Å². The van der Waals surface area contributed by atoms with E-state index in [1.54, 1.807) is 31.2 Å². The minimum absolute atomic E-state index is 0.218. The molecule has 3 rings (SSSR count). The lowest BCUT2D eigenvalue weighted by molar-refractivity contribution is -0.135. The molecule has 0 aromatic heterocycles. The monoisotopic (exact) mass is 526 g/mol. The Balaban J connectivity index is 1.85. The van der Waals surface area contributed by atoms with Gasteiger partial charge in [0.15, 0.2) is 16.7 Å². The standard InChI is InChI=1S/C27H30N2O7S/c1-5-34-21-13-8-18(16-22(21)35-6-2)14-15-29-25(31)23(17-24(30)33-4)37-27(29)28-20-11-9-19(10-12-20)26(32)36-7-3/h8-13,16-17H,5-7,14-15H2,1-4H3/b23-17+,28-27?. The van der Waals surface area contributed by atoms with Gasteiger partial charge in [0.25, 0.3) is 5.91 Å². The summed E-state index contributed by atoms with van der Waals surface area (Å²) in [6.45, 7) is 7.18. The number of carbonyl (C=O) groups is 3. The van der Waals surface area contributed by atoms with Crippen molar-refractivity contribution in [3.63, 3.8) is 0 Å². The third kappa shape index (κ3) is 7.36. The van der Waals surface area contributed by atoms with Gasteiger partial charge in [0.2, 0.25) is 0 Å². The van der Waals surface area contributed by atoms with Gasteiger partial charge in [-0.05, 0) is 80.9 Å². The number of carbonyl (C=O) groups excluding carboxylic acids is 3. The number of aliphatic imine (C=N–C) groups is 1. The summed E-state index contributed by atoms with van der Waals surface area (Å²) in [5, 5.41) is 0.417. The zero-order valence-electron chi connectivity index (χ0n) is 21.3. The van der Waals surface area contributed by atoms with Gasteiger partial charge in [-0.25, -0.2) is 14.6 Å². The second-order valence-electron chi connectivity index (χ2n) is 7.65. The topological polar surface area (TPSA) is 104 Å². The van der Waals surface area contributed by atoms with Gasteiger partial charge >= 0.3 is 11.9 Å². The van der Waals surface area contributed by atoms with Crippen molar-refractivity contribution in [1.82, 2.24) is 4.90 Å². The number of rotatable bonds is 11. The summed E-state index contributed by atoms with van der Waals surface area (Å²) >= 11 is 1.09. The number of hydrogen-bond acceptors (Lipinski definition) is 9. The first kappa shape index (κ1) is 27.8. The molecule has 0 radical (unpaired) electrons. The molecule has 0 N–H and O–H groups in total. The highest BCUT2D eigenvalue weighted by atomic mass is 32.2. The average Bonchev–Trinajstić information content (AvgIpc) is 3.18. The van der Waals surface area contributed by atoms with Crippen molar-refractivity contribution in [2.24, 2.45) is 4.99 Å². The Kier molecular flexibility index (Phi) is 10.1. The molecule has 1 fully saturated rings. The van der Waals surface area contributed by atoms with E-state index in [1.165, 1.54) is 12.0 Å². The summed E-state index contributed by atoms with van der Waals surface area (Å²) in [4.78, 5) is 43.2. The predicted octanol–water partition coefficient (Wildman–Crippen LogP) is 4.52. The minimum atomic E-state index is -0.622. The molecular formula is C27H30N2O7S. The van der Waals surface area contributed by atoms with Gasteiger partial charge in [-0.1, -0.05) is 6.07 Å². The normalized spacial score (nSPS) is 15.2. The van der Waals surface area contributed by atoms with Crippen LogP contribution < -0.4 is 9.47 Å². The maximum absolute atomic E-state index is 13.1. The van der Waals surface area contributed by atoms with Crippen LogP contribution in [0.3, 0.4) is 0 Å². The summed E-state index contributed by atoms with van der Waals surface area (Å²) in [5.74, 6) is -0.0701. The highest BCUT2D eigenvalue weighted by Gasteiger charge is 2.34. The zero-order chi connectivity index (χ0) is 26.8. The molecule has 0 atom stereocenters. The van der Waals surface area contributed by atoms with E-state index >= 15 is 0 Å². The molecular weight excluding hydrogens is 496 g/mol. The third-order valence-corrected chi connectivity index (χ3v) is 6.18. The first-order chi connectivity index (χ1) is 17.9.